The summed E-state index contributed by atoms with van der Waals surface area (Å²) >= 11 is 3.41. The van der Waals surface area contributed by atoms with E-state index >= 15 is 0 Å². The molecule has 0 aliphatic heterocycles. The van der Waals surface area contributed by atoms with Crippen LogP contribution in [0, 0.1) is 11.7 Å². The smallest absolute Gasteiger partial charge is 0.127 e. The molecule has 0 saturated heterocycles. The van der Waals surface area contributed by atoms with Crippen molar-refractivity contribution < 1.29 is 9.13 Å². The minimum atomic E-state index is -0.0971. The average molecular weight is 316 g/mol. The van der Waals surface area contributed by atoms with Gasteiger partial charge in [-0.15, -0.1) is 0 Å². The van der Waals surface area contributed by atoms with Gasteiger partial charge in [-0.05, 0) is 48.1 Å². The maximum atomic E-state index is 13.9. The van der Waals surface area contributed by atoms with Crippen molar-refractivity contribution in [3.8, 4) is 0 Å². The molecule has 0 aromatic heterocycles. The first-order valence-corrected chi connectivity index (χ1v) is 7.02. The quantitative estimate of drug-likeness (QED) is 0.814. The maximum Gasteiger partial charge on any atom is 0.127 e. The van der Waals surface area contributed by atoms with Gasteiger partial charge in [0.1, 0.15) is 5.82 Å². The lowest BCUT2D eigenvalue weighted by molar-refractivity contribution is 0.199. The van der Waals surface area contributed by atoms with Crippen molar-refractivity contribution in [2.45, 2.75) is 18.8 Å². The van der Waals surface area contributed by atoms with Crippen molar-refractivity contribution in [3.63, 3.8) is 0 Å². The lowest BCUT2D eigenvalue weighted by Gasteiger charge is -2.14. The highest BCUT2D eigenvalue weighted by atomic mass is 79.9. The van der Waals surface area contributed by atoms with E-state index in [2.05, 4.69) is 28.2 Å². The van der Waals surface area contributed by atoms with Gasteiger partial charge in [0, 0.05) is 18.1 Å². The first kappa shape index (κ1) is 14.0. The van der Waals surface area contributed by atoms with E-state index < -0.39 is 0 Å². The number of halogens is 2. The van der Waals surface area contributed by atoms with Gasteiger partial charge in [-0.2, -0.15) is 0 Å². The Balaban J connectivity index is 1.95. The maximum absolute atomic E-state index is 13.9. The Hall–Kier alpha value is -0.450. The Morgan fingerprint density at radius 3 is 3.06 bits per heavy atom. The molecule has 4 heteroatoms. The lowest BCUT2D eigenvalue weighted by Crippen LogP contribution is -2.24. The Kier molecular flexibility index (Phi) is 4.41. The number of hydrogen-bond acceptors (Lipinski definition) is 2. The van der Waals surface area contributed by atoms with E-state index in [9.17, 15) is 4.39 Å². The molecule has 2 atom stereocenters. The lowest BCUT2D eigenvalue weighted by atomic mass is 9.95. The molecule has 2 rings (SSSR count). The summed E-state index contributed by atoms with van der Waals surface area (Å²) in [5.74, 6) is 0.415. The standard InChI is InChI=1S/C14H19BrFNO/c1-14(8-10(14)9-17-5-6-18-2)12-7-11(15)3-4-13(12)16/h3-4,7,10,17H,5-6,8-9H2,1-2H3. The van der Waals surface area contributed by atoms with Crippen LogP contribution < -0.4 is 5.32 Å². The van der Waals surface area contributed by atoms with Gasteiger partial charge in [0.2, 0.25) is 0 Å². The predicted octanol–water partition coefficient (Wildman–Crippen LogP) is 3.10. The van der Waals surface area contributed by atoms with Gasteiger partial charge in [0.25, 0.3) is 0 Å². The molecule has 100 valence electrons. The van der Waals surface area contributed by atoms with E-state index in [1.165, 1.54) is 0 Å². The number of ether oxygens (including phenoxy) is 1. The van der Waals surface area contributed by atoms with E-state index in [1.807, 2.05) is 6.07 Å². The fourth-order valence-corrected chi connectivity index (χ4v) is 2.83. The van der Waals surface area contributed by atoms with Crippen molar-refractivity contribution in [2.75, 3.05) is 26.8 Å². The minimum Gasteiger partial charge on any atom is -0.383 e. The summed E-state index contributed by atoms with van der Waals surface area (Å²) in [4.78, 5) is 0. The third-order valence-corrected chi connectivity index (χ3v) is 4.32. The molecule has 0 radical (unpaired) electrons. The summed E-state index contributed by atoms with van der Waals surface area (Å²) in [6, 6.07) is 5.19. The highest BCUT2D eigenvalue weighted by Gasteiger charge is 2.51. The van der Waals surface area contributed by atoms with Gasteiger partial charge in [-0.25, -0.2) is 4.39 Å². The summed E-state index contributed by atoms with van der Waals surface area (Å²) in [6.45, 7) is 4.63. The molecule has 1 aromatic carbocycles. The van der Waals surface area contributed by atoms with Crippen LogP contribution in [0.2, 0.25) is 0 Å². The van der Waals surface area contributed by atoms with Gasteiger partial charge >= 0.3 is 0 Å². The van der Waals surface area contributed by atoms with Gasteiger partial charge in [-0.1, -0.05) is 22.9 Å². The molecule has 0 bridgehead atoms. The van der Waals surface area contributed by atoms with Gasteiger partial charge in [0.05, 0.1) is 6.61 Å². The molecule has 2 nitrogen and oxygen atoms in total. The van der Waals surface area contributed by atoms with Crippen molar-refractivity contribution in [2.24, 2.45) is 5.92 Å². The zero-order valence-corrected chi connectivity index (χ0v) is 12.4. The Labute approximate surface area is 116 Å². The van der Waals surface area contributed by atoms with Crippen LogP contribution in [0.25, 0.3) is 0 Å². The molecular formula is C14H19BrFNO. The van der Waals surface area contributed by atoms with Crippen LogP contribution in [0.4, 0.5) is 4.39 Å². The number of rotatable bonds is 6. The molecule has 1 aliphatic carbocycles. The van der Waals surface area contributed by atoms with Crippen molar-refractivity contribution >= 4 is 15.9 Å². The summed E-state index contributed by atoms with van der Waals surface area (Å²) in [6.07, 6.45) is 1.04. The molecule has 0 heterocycles. The van der Waals surface area contributed by atoms with Crippen LogP contribution in [0.1, 0.15) is 18.9 Å². The highest BCUT2D eigenvalue weighted by Crippen LogP contribution is 2.54. The molecule has 0 amide bonds. The third-order valence-electron chi connectivity index (χ3n) is 3.83. The molecule has 1 saturated carbocycles. The van der Waals surface area contributed by atoms with E-state index in [4.69, 9.17) is 4.74 Å². The zero-order valence-electron chi connectivity index (χ0n) is 10.8. The average Bonchev–Trinajstić information content (AvgIpc) is 3.00. The fourth-order valence-electron chi connectivity index (χ4n) is 2.47. The SMILES string of the molecule is COCCNCC1CC1(C)c1cc(Br)ccc1F. The zero-order chi connectivity index (χ0) is 13.2. The number of hydrogen-bond donors (Lipinski definition) is 1. The van der Waals surface area contributed by atoms with Crippen molar-refractivity contribution in [3.05, 3.63) is 34.1 Å². The van der Waals surface area contributed by atoms with Crippen LogP contribution >= 0.6 is 15.9 Å². The highest BCUT2D eigenvalue weighted by molar-refractivity contribution is 9.10. The number of methoxy groups -OCH3 is 1. The molecule has 1 N–H and O–H groups in total. The molecule has 1 aliphatic rings. The number of benzene rings is 1. The second-order valence-electron chi connectivity index (χ2n) is 5.14. The molecular weight excluding hydrogens is 297 g/mol. The van der Waals surface area contributed by atoms with Crippen LogP contribution in [-0.4, -0.2) is 26.8 Å². The summed E-state index contributed by atoms with van der Waals surface area (Å²) in [7, 11) is 1.69. The monoisotopic (exact) mass is 315 g/mol. The second-order valence-corrected chi connectivity index (χ2v) is 6.06. The van der Waals surface area contributed by atoms with Gasteiger partial charge in [-0.3, -0.25) is 0 Å². The van der Waals surface area contributed by atoms with Gasteiger partial charge < -0.3 is 10.1 Å². The van der Waals surface area contributed by atoms with E-state index in [0.29, 0.717) is 12.5 Å². The summed E-state index contributed by atoms with van der Waals surface area (Å²) in [5, 5.41) is 3.35. The van der Waals surface area contributed by atoms with Crippen LogP contribution in [-0.2, 0) is 10.2 Å². The van der Waals surface area contributed by atoms with Crippen LogP contribution in [0.3, 0.4) is 0 Å². The molecule has 1 fully saturated rings. The largest absolute Gasteiger partial charge is 0.383 e. The fraction of sp³-hybridized carbons (Fsp3) is 0.571. The van der Waals surface area contributed by atoms with Crippen LogP contribution in [0.5, 0.6) is 0 Å². The third kappa shape index (κ3) is 2.92. The first-order chi connectivity index (χ1) is 8.58. The second kappa shape index (κ2) is 5.68. The Morgan fingerprint density at radius 1 is 1.56 bits per heavy atom. The molecule has 18 heavy (non-hydrogen) atoms. The predicted molar refractivity (Wildman–Crippen MR) is 74.3 cm³/mol. The molecule has 1 aromatic rings. The summed E-state index contributed by atoms with van der Waals surface area (Å²) in [5.41, 5.74) is 0.809. The number of nitrogens with one attached hydrogen (secondary N) is 1. The normalized spacial score (nSPS) is 26.3. The molecule has 2 unspecified atom stereocenters. The topological polar surface area (TPSA) is 21.3 Å². The van der Waals surface area contributed by atoms with Crippen LogP contribution in [0.15, 0.2) is 22.7 Å². The minimum absolute atomic E-state index is 0.0199. The summed E-state index contributed by atoms with van der Waals surface area (Å²) < 4.78 is 19.8. The van der Waals surface area contributed by atoms with Crippen molar-refractivity contribution in [1.29, 1.82) is 0 Å². The Morgan fingerprint density at radius 2 is 2.33 bits per heavy atom. The van der Waals surface area contributed by atoms with E-state index in [-0.39, 0.29) is 11.2 Å². The Bertz CT molecular complexity index is 426. The van der Waals surface area contributed by atoms with E-state index in [1.54, 1.807) is 19.2 Å². The first-order valence-electron chi connectivity index (χ1n) is 6.23. The molecule has 0 spiro atoms. The van der Waals surface area contributed by atoms with E-state index in [0.717, 1.165) is 29.5 Å². The van der Waals surface area contributed by atoms with Gasteiger partial charge in [0.15, 0.2) is 0 Å². The van der Waals surface area contributed by atoms with Crippen molar-refractivity contribution in [1.82, 2.24) is 5.32 Å².